The van der Waals surface area contributed by atoms with Crippen molar-refractivity contribution in [2.24, 2.45) is 23.2 Å². The second kappa shape index (κ2) is 14.7. The van der Waals surface area contributed by atoms with Gasteiger partial charge >= 0.3 is 18.1 Å². The molecular weight excluding hydrogens is 583 g/mol. The molecule has 2 saturated carbocycles. The topological polar surface area (TPSA) is 46.5 Å². The summed E-state index contributed by atoms with van der Waals surface area (Å²) in [7, 11) is 0. The largest absolute Gasteiger partial charge is 0.508 e. The highest BCUT2D eigenvalue weighted by Gasteiger charge is 2.58. The smallest absolute Gasteiger partial charge is 0.453 e. The van der Waals surface area contributed by atoms with Crippen LogP contribution >= 0.6 is 11.8 Å². The summed E-state index contributed by atoms with van der Waals surface area (Å²) in [4.78, 5) is 11.9. The second-order valence-corrected chi connectivity index (χ2v) is 14.8. The van der Waals surface area contributed by atoms with Gasteiger partial charge in [0.05, 0.1) is 0 Å². The Labute approximate surface area is 258 Å². The first-order chi connectivity index (χ1) is 20.3. The molecule has 0 spiro atoms. The van der Waals surface area contributed by atoms with E-state index in [1.54, 1.807) is 0 Å². The van der Waals surface area contributed by atoms with E-state index in [1.165, 1.54) is 55.5 Å². The van der Waals surface area contributed by atoms with Gasteiger partial charge in [0.2, 0.25) is 0 Å². The molecule has 1 aromatic carbocycles. The first kappa shape index (κ1) is 34.4. The van der Waals surface area contributed by atoms with Crippen LogP contribution in [-0.4, -0.2) is 40.8 Å². The van der Waals surface area contributed by atoms with Crippen LogP contribution in [0.25, 0.3) is 0 Å². The Hall–Kier alpha value is -1.51. The summed E-state index contributed by atoms with van der Waals surface area (Å²) in [6, 6.07) is 5.95. The van der Waals surface area contributed by atoms with E-state index in [9.17, 15) is 31.9 Å². The number of fused-ring (bicyclic) bond motifs is 5. The summed E-state index contributed by atoms with van der Waals surface area (Å²) < 4.78 is 68.4. The molecule has 3 aliphatic carbocycles. The van der Waals surface area contributed by atoms with E-state index < -0.39 is 18.5 Å². The Bertz CT molecular complexity index is 1060. The van der Waals surface area contributed by atoms with Crippen molar-refractivity contribution < 1.29 is 36.6 Å². The molecule has 2 fully saturated rings. The van der Waals surface area contributed by atoms with E-state index in [0.717, 1.165) is 63.5 Å². The summed E-state index contributed by atoms with van der Waals surface area (Å²) in [6.07, 6.45) is 7.53. The quantitative estimate of drug-likeness (QED) is 0.119. The number of phenols is 1. The van der Waals surface area contributed by atoms with Crippen molar-refractivity contribution in [2.75, 3.05) is 11.5 Å². The molecule has 1 aromatic rings. The normalized spacial score (nSPS) is 28.7. The lowest BCUT2D eigenvalue weighted by Gasteiger charge is -2.53. The van der Waals surface area contributed by atoms with Crippen LogP contribution in [0.1, 0.15) is 121 Å². The maximum absolute atomic E-state index is 12.9. The van der Waals surface area contributed by atoms with Crippen molar-refractivity contribution in [3.05, 3.63) is 29.3 Å². The van der Waals surface area contributed by atoms with Gasteiger partial charge in [-0.05, 0) is 110 Å². The third kappa shape index (κ3) is 8.40. The van der Waals surface area contributed by atoms with E-state index >= 15 is 0 Å². The Kier molecular flexibility index (Phi) is 11.8. The number of rotatable bonds is 15. The average molecular weight is 633 g/mol. The zero-order valence-electron chi connectivity index (χ0n) is 25.7. The Morgan fingerprint density at radius 1 is 0.977 bits per heavy atom. The predicted octanol–water partition coefficient (Wildman–Crippen LogP) is 10.2. The first-order valence-electron chi connectivity index (χ1n) is 16.3. The molecule has 43 heavy (non-hydrogen) atoms. The molecule has 0 saturated heterocycles. The Balaban J connectivity index is 1.18. The van der Waals surface area contributed by atoms with Crippen LogP contribution in [0.4, 0.5) is 22.0 Å². The molecule has 1 N–H and O–H groups in total. The van der Waals surface area contributed by atoms with Crippen molar-refractivity contribution in [3.63, 3.8) is 0 Å². The first-order valence-corrected chi connectivity index (χ1v) is 17.5. The molecule has 3 aliphatic rings. The number of benzene rings is 1. The van der Waals surface area contributed by atoms with Gasteiger partial charge in [-0.2, -0.15) is 33.7 Å². The van der Waals surface area contributed by atoms with E-state index in [2.05, 4.69) is 13.0 Å². The third-order valence-electron chi connectivity index (χ3n) is 10.7. The summed E-state index contributed by atoms with van der Waals surface area (Å²) in [5.41, 5.74) is 2.75. The minimum Gasteiger partial charge on any atom is -0.508 e. The van der Waals surface area contributed by atoms with Gasteiger partial charge in [0.15, 0.2) is 0 Å². The monoisotopic (exact) mass is 632 g/mol. The van der Waals surface area contributed by atoms with Gasteiger partial charge in [0.1, 0.15) is 11.9 Å². The summed E-state index contributed by atoms with van der Waals surface area (Å²) in [6.45, 7) is 3.87. The maximum atomic E-state index is 12.9. The van der Waals surface area contributed by atoms with Gasteiger partial charge in [0, 0.05) is 18.8 Å². The highest BCUT2D eigenvalue weighted by Crippen LogP contribution is 2.63. The van der Waals surface area contributed by atoms with Crippen molar-refractivity contribution >= 4 is 17.7 Å². The van der Waals surface area contributed by atoms with Gasteiger partial charge < -0.3 is 9.84 Å². The van der Waals surface area contributed by atoms with E-state index in [0.29, 0.717) is 35.2 Å². The van der Waals surface area contributed by atoms with Crippen LogP contribution in [-0.2, 0) is 16.0 Å². The predicted molar refractivity (Wildman–Crippen MR) is 162 cm³/mol. The molecule has 0 bridgehead atoms. The number of phenolic OH excluding ortho intramolecular Hbond substituents is 1. The number of ether oxygens (including phenoxy) is 1. The number of thioether (sulfide) groups is 1. The molecule has 3 nitrogen and oxygen atoms in total. The van der Waals surface area contributed by atoms with Gasteiger partial charge in [-0.15, -0.1) is 0 Å². The average Bonchev–Trinajstić information content (AvgIpc) is 3.25. The van der Waals surface area contributed by atoms with E-state index in [1.807, 2.05) is 12.1 Å². The zero-order chi connectivity index (χ0) is 31.3. The van der Waals surface area contributed by atoms with E-state index in [4.69, 9.17) is 4.74 Å². The molecule has 0 heterocycles. The zero-order valence-corrected chi connectivity index (χ0v) is 26.5. The van der Waals surface area contributed by atoms with Gasteiger partial charge in [-0.1, -0.05) is 51.5 Å². The maximum Gasteiger partial charge on any atom is 0.453 e. The van der Waals surface area contributed by atoms with E-state index in [-0.39, 0.29) is 23.9 Å². The third-order valence-corrected chi connectivity index (χ3v) is 11.8. The molecule has 4 rings (SSSR count). The van der Waals surface area contributed by atoms with Crippen LogP contribution in [0.5, 0.6) is 5.75 Å². The van der Waals surface area contributed by atoms with Crippen LogP contribution < -0.4 is 0 Å². The van der Waals surface area contributed by atoms with Crippen molar-refractivity contribution in [2.45, 2.75) is 134 Å². The number of unbranched alkanes of at least 4 members (excludes halogenated alkanes) is 6. The van der Waals surface area contributed by atoms with Crippen molar-refractivity contribution in [1.82, 2.24) is 0 Å². The molecule has 0 amide bonds. The summed E-state index contributed by atoms with van der Waals surface area (Å²) >= 11 is 1.47. The number of carbonyl (C=O) groups excluding carboxylic acids is 1. The molecule has 0 aliphatic heterocycles. The van der Waals surface area contributed by atoms with Gasteiger partial charge in [-0.25, -0.2) is 0 Å². The Morgan fingerprint density at radius 3 is 2.35 bits per heavy atom. The number of halogens is 5. The van der Waals surface area contributed by atoms with Crippen LogP contribution in [0.3, 0.4) is 0 Å². The fourth-order valence-corrected chi connectivity index (χ4v) is 9.50. The molecule has 0 radical (unpaired) electrons. The number of aromatic hydroxyl groups is 1. The van der Waals surface area contributed by atoms with Gasteiger partial charge in [-0.3, -0.25) is 4.79 Å². The summed E-state index contributed by atoms with van der Waals surface area (Å²) in [5.74, 6) is -1.09. The van der Waals surface area contributed by atoms with Crippen molar-refractivity contribution in [3.8, 4) is 5.75 Å². The summed E-state index contributed by atoms with van der Waals surface area (Å²) in [5, 5.41) is 10.2. The fourth-order valence-electron chi connectivity index (χ4n) is 8.54. The SMILES string of the molecule is CC(=O)OC1CCC2C3C(CCCCCCCCCSCCCC(F)(F)C(F)(F)F)Cc4cc(O)ccc4C3CCC12C. The number of hydrogen-bond acceptors (Lipinski definition) is 4. The van der Waals surface area contributed by atoms with Crippen LogP contribution in [0.15, 0.2) is 18.2 Å². The molecule has 0 aromatic heterocycles. The highest BCUT2D eigenvalue weighted by atomic mass is 32.2. The second-order valence-electron chi connectivity index (χ2n) is 13.5. The number of carbonyl (C=O) groups is 1. The molecule has 244 valence electrons. The Morgan fingerprint density at radius 2 is 1.65 bits per heavy atom. The molecule has 9 heteroatoms. The van der Waals surface area contributed by atoms with Crippen molar-refractivity contribution in [1.29, 1.82) is 0 Å². The standard InChI is InChI=1S/C34H49F5O3S/c1-23(40)42-30-15-14-29-31-24(21-25-22-26(41)12-13-27(25)28(31)16-18-32(29,30)2)11-8-6-4-3-5-7-9-19-43-20-10-17-33(35,36)34(37,38)39/h12-13,22,24,28-31,41H,3-11,14-21H2,1-2H3. The number of hydrogen-bond donors (Lipinski definition) is 1. The lowest BCUT2D eigenvalue weighted by Crippen LogP contribution is -2.48. The van der Waals surface area contributed by atoms with Gasteiger partial charge in [0.25, 0.3) is 0 Å². The molecular formula is C34H49F5O3S. The van der Waals surface area contributed by atoms with Crippen LogP contribution in [0.2, 0.25) is 0 Å². The molecule has 6 atom stereocenters. The number of esters is 1. The minimum atomic E-state index is -5.45. The minimum absolute atomic E-state index is 0.00958. The number of alkyl halides is 5. The molecule has 6 unspecified atom stereocenters. The lowest BCUT2D eigenvalue weighted by atomic mass is 9.52. The lowest BCUT2D eigenvalue weighted by molar-refractivity contribution is -0.284. The van der Waals surface area contributed by atoms with Crippen LogP contribution in [0, 0.1) is 23.2 Å². The fraction of sp³-hybridized carbons (Fsp3) is 0.794. The highest BCUT2D eigenvalue weighted by molar-refractivity contribution is 7.99.